The van der Waals surface area contributed by atoms with Crippen LogP contribution in [0.5, 0.6) is 0 Å². The summed E-state index contributed by atoms with van der Waals surface area (Å²) in [5.74, 6) is -0.918. The van der Waals surface area contributed by atoms with Gasteiger partial charge in [-0.05, 0) is 30.7 Å². The number of nitrogens with zero attached hydrogens (tertiary/aromatic N) is 2. The summed E-state index contributed by atoms with van der Waals surface area (Å²) < 4.78 is 12.7. The minimum Gasteiger partial charge on any atom is -0.319 e. The molecule has 0 atom stereocenters. The number of carbonyl (C=O) groups excluding carboxylic acids is 1. The lowest BCUT2D eigenvalue weighted by molar-refractivity contribution is 0.102. The van der Waals surface area contributed by atoms with Crippen LogP contribution in [0.25, 0.3) is 0 Å². The predicted molar refractivity (Wildman–Crippen MR) is 66.1 cm³/mol. The Morgan fingerprint density at radius 1 is 1.33 bits per heavy atom. The fourth-order valence-electron chi connectivity index (χ4n) is 1.35. The maximum Gasteiger partial charge on any atom is 0.274 e. The van der Waals surface area contributed by atoms with Crippen LogP contribution in [0.15, 0.2) is 30.6 Å². The minimum absolute atomic E-state index is 0.130. The van der Waals surface area contributed by atoms with Gasteiger partial charge >= 0.3 is 0 Å². The molecule has 0 aliphatic heterocycles. The van der Waals surface area contributed by atoms with Gasteiger partial charge in [0.25, 0.3) is 5.91 Å². The molecule has 1 N–H and O–H groups in total. The summed E-state index contributed by atoms with van der Waals surface area (Å²) in [6.45, 7) is 1.79. The zero-order valence-corrected chi connectivity index (χ0v) is 10.2. The zero-order chi connectivity index (χ0) is 13.1. The Kier molecular flexibility index (Phi) is 3.53. The predicted octanol–water partition coefficient (Wildman–Crippen LogP) is 2.83. The van der Waals surface area contributed by atoms with Crippen molar-refractivity contribution in [2.24, 2.45) is 0 Å². The van der Waals surface area contributed by atoms with Crippen molar-refractivity contribution in [3.63, 3.8) is 0 Å². The quantitative estimate of drug-likeness (QED) is 0.850. The molecule has 0 spiro atoms. The van der Waals surface area contributed by atoms with Crippen molar-refractivity contribution >= 4 is 23.2 Å². The van der Waals surface area contributed by atoms with Gasteiger partial charge in [-0.15, -0.1) is 0 Å². The van der Waals surface area contributed by atoms with Crippen molar-refractivity contribution < 1.29 is 9.18 Å². The van der Waals surface area contributed by atoms with Crippen LogP contribution >= 0.6 is 11.6 Å². The number of amides is 1. The topological polar surface area (TPSA) is 54.9 Å². The summed E-state index contributed by atoms with van der Waals surface area (Å²) in [7, 11) is 0. The molecule has 92 valence electrons. The van der Waals surface area contributed by atoms with Gasteiger partial charge in [-0.2, -0.15) is 0 Å². The Hall–Kier alpha value is -2.01. The summed E-state index contributed by atoms with van der Waals surface area (Å²) in [6.07, 6.45) is 2.45. The Labute approximate surface area is 108 Å². The first-order chi connectivity index (χ1) is 8.56. The van der Waals surface area contributed by atoms with E-state index in [1.807, 2.05) is 0 Å². The molecule has 0 aliphatic rings. The van der Waals surface area contributed by atoms with E-state index in [0.29, 0.717) is 10.8 Å². The van der Waals surface area contributed by atoms with Gasteiger partial charge in [-0.1, -0.05) is 11.6 Å². The van der Waals surface area contributed by atoms with Gasteiger partial charge in [0.2, 0.25) is 0 Å². The van der Waals surface area contributed by atoms with Crippen LogP contribution < -0.4 is 5.32 Å². The molecule has 0 radical (unpaired) electrons. The third-order valence-electron chi connectivity index (χ3n) is 2.29. The molecular weight excluding hydrogens is 257 g/mol. The second-order valence-corrected chi connectivity index (χ2v) is 4.02. The summed E-state index contributed by atoms with van der Waals surface area (Å²) in [6, 6.07) is 4.12. The average molecular weight is 266 g/mol. The lowest BCUT2D eigenvalue weighted by Gasteiger charge is -2.07. The van der Waals surface area contributed by atoms with Gasteiger partial charge in [-0.25, -0.2) is 14.4 Å². The molecule has 2 rings (SSSR count). The molecule has 1 amide bonds. The minimum atomic E-state index is -0.490. The molecule has 0 aromatic carbocycles. The number of aryl methyl sites for hydroxylation is 1. The average Bonchev–Trinajstić information content (AvgIpc) is 2.33. The second-order valence-electron chi connectivity index (χ2n) is 3.64. The molecule has 0 saturated carbocycles. The Morgan fingerprint density at radius 2 is 2.11 bits per heavy atom. The van der Waals surface area contributed by atoms with Crippen LogP contribution in [-0.2, 0) is 0 Å². The van der Waals surface area contributed by atoms with Crippen LogP contribution in [0.4, 0.5) is 10.1 Å². The van der Waals surface area contributed by atoms with Crippen molar-refractivity contribution in [3.8, 4) is 0 Å². The number of anilines is 1. The maximum absolute atomic E-state index is 12.7. The van der Waals surface area contributed by atoms with E-state index in [1.165, 1.54) is 18.3 Å². The van der Waals surface area contributed by atoms with E-state index >= 15 is 0 Å². The summed E-state index contributed by atoms with van der Waals surface area (Å²) in [4.78, 5) is 19.4. The van der Waals surface area contributed by atoms with Gasteiger partial charge in [0.15, 0.2) is 0 Å². The molecule has 2 aromatic rings. The van der Waals surface area contributed by atoms with E-state index < -0.39 is 11.7 Å². The first-order valence-electron chi connectivity index (χ1n) is 5.11. The Balaban J connectivity index is 2.18. The van der Waals surface area contributed by atoms with Crippen LogP contribution in [0.2, 0.25) is 5.15 Å². The van der Waals surface area contributed by atoms with Crippen LogP contribution in [0.1, 0.15) is 16.1 Å². The summed E-state index contributed by atoms with van der Waals surface area (Å²) in [5.41, 5.74) is 1.45. The highest BCUT2D eigenvalue weighted by molar-refractivity contribution is 6.29. The first-order valence-corrected chi connectivity index (χ1v) is 5.49. The molecule has 0 aliphatic carbocycles. The van der Waals surface area contributed by atoms with Crippen molar-refractivity contribution in [2.45, 2.75) is 6.92 Å². The van der Waals surface area contributed by atoms with E-state index in [9.17, 15) is 9.18 Å². The molecule has 0 unspecified atom stereocenters. The molecular formula is C12H9ClFN3O. The maximum atomic E-state index is 12.7. The Bertz CT molecular complexity index is 586. The normalized spacial score (nSPS) is 10.2. The van der Waals surface area contributed by atoms with E-state index in [2.05, 4.69) is 15.3 Å². The molecule has 2 heterocycles. The van der Waals surface area contributed by atoms with Crippen molar-refractivity contribution in [1.82, 2.24) is 9.97 Å². The van der Waals surface area contributed by atoms with Crippen LogP contribution in [0, 0.1) is 12.7 Å². The van der Waals surface area contributed by atoms with Gasteiger partial charge < -0.3 is 5.32 Å². The summed E-state index contributed by atoms with van der Waals surface area (Å²) in [5, 5.41) is 2.98. The van der Waals surface area contributed by atoms with E-state index in [4.69, 9.17) is 11.6 Å². The number of carbonyl (C=O) groups is 1. The van der Waals surface area contributed by atoms with Crippen molar-refractivity contribution in [2.75, 3.05) is 5.32 Å². The van der Waals surface area contributed by atoms with Gasteiger partial charge in [0, 0.05) is 0 Å². The number of aromatic nitrogens is 2. The second kappa shape index (κ2) is 5.10. The largest absolute Gasteiger partial charge is 0.319 e. The first kappa shape index (κ1) is 12.4. The van der Waals surface area contributed by atoms with E-state index in [-0.39, 0.29) is 5.69 Å². The SMILES string of the molecule is Cc1cc(Cl)ncc1NC(=O)c1ccc(F)cn1. The highest BCUT2D eigenvalue weighted by atomic mass is 35.5. The van der Waals surface area contributed by atoms with Gasteiger partial charge in [-0.3, -0.25) is 4.79 Å². The van der Waals surface area contributed by atoms with E-state index in [1.54, 1.807) is 13.0 Å². The molecule has 0 fully saturated rings. The molecule has 4 nitrogen and oxygen atoms in total. The number of halogens is 2. The fraction of sp³-hybridized carbons (Fsp3) is 0.0833. The number of nitrogens with one attached hydrogen (secondary N) is 1. The highest BCUT2D eigenvalue weighted by Crippen LogP contribution is 2.17. The molecule has 2 aromatic heterocycles. The smallest absolute Gasteiger partial charge is 0.274 e. The number of rotatable bonds is 2. The third kappa shape index (κ3) is 2.81. The van der Waals surface area contributed by atoms with Crippen LogP contribution in [0.3, 0.4) is 0 Å². The van der Waals surface area contributed by atoms with E-state index in [0.717, 1.165) is 11.8 Å². The lowest BCUT2D eigenvalue weighted by Crippen LogP contribution is -2.14. The lowest BCUT2D eigenvalue weighted by atomic mass is 10.2. The highest BCUT2D eigenvalue weighted by Gasteiger charge is 2.09. The number of pyridine rings is 2. The van der Waals surface area contributed by atoms with Gasteiger partial charge in [0.05, 0.1) is 18.1 Å². The monoisotopic (exact) mass is 265 g/mol. The fourth-order valence-corrected chi connectivity index (χ4v) is 1.56. The molecule has 0 saturated heterocycles. The summed E-state index contributed by atoms with van der Waals surface area (Å²) >= 11 is 5.71. The van der Waals surface area contributed by atoms with Crippen molar-refractivity contribution in [1.29, 1.82) is 0 Å². The number of hydrogen-bond acceptors (Lipinski definition) is 3. The molecule has 18 heavy (non-hydrogen) atoms. The van der Waals surface area contributed by atoms with Crippen LogP contribution in [-0.4, -0.2) is 15.9 Å². The zero-order valence-electron chi connectivity index (χ0n) is 9.45. The Morgan fingerprint density at radius 3 is 2.72 bits per heavy atom. The third-order valence-corrected chi connectivity index (χ3v) is 2.49. The standard InChI is InChI=1S/C12H9ClFN3O/c1-7-4-11(13)16-6-10(7)17-12(18)9-3-2-8(14)5-15-9/h2-6H,1H3,(H,17,18). The van der Waals surface area contributed by atoms with Crippen molar-refractivity contribution in [3.05, 3.63) is 52.8 Å². The molecule has 0 bridgehead atoms. The van der Waals surface area contributed by atoms with Gasteiger partial charge in [0.1, 0.15) is 16.7 Å². The molecule has 6 heteroatoms. The number of hydrogen-bond donors (Lipinski definition) is 1.